The molecule has 0 fully saturated rings. The SMILES string of the molecule is CCOC(=O)c1nc(-c2ccccc2)sc1N(C)c1nc(Cl)ncc1[N+](=O)[O-]. The number of hydrogen-bond donors (Lipinski definition) is 0. The third kappa shape index (κ3) is 3.92. The monoisotopic (exact) mass is 419 g/mol. The highest BCUT2D eigenvalue weighted by molar-refractivity contribution is 7.19. The van der Waals surface area contributed by atoms with E-state index in [2.05, 4.69) is 15.0 Å². The highest BCUT2D eigenvalue weighted by atomic mass is 35.5. The van der Waals surface area contributed by atoms with Crippen LogP contribution in [-0.2, 0) is 4.74 Å². The van der Waals surface area contributed by atoms with Crippen LogP contribution in [0.15, 0.2) is 36.5 Å². The summed E-state index contributed by atoms with van der Waals surface area (Å²) >= 11 is 7.01. The van der Waals surface area contributed by atoms with Gasteiger partial charge in [0.05, 0.1) is 11.5 Å². The summed E-state index contributed by atoms with van der Waals surface area (Å²) in [5.74, 6) is -0.690. The molecule has 0 bridgehead atoms. The van der Waals surface area contributed by atoms with Crippen molar-refractivity contribution in [1.82, 2.24) is 15.0 Å². The molecular formula is C17H14ClN5O4S. The minimum Gasteiger partial charge on any atom is -0.461 e. The summed E-state index contributed by atoms with van der Waals surface area (Å²) in [4.78, 5) is 36.6. The Morgan fingerprint density at radius 3 is 2.68 bits per heavy atom. The molecule has 2 aromatic heterocycles. The van der Waals surface area contributed by atoms with Gasteiger partial charge in [0, 0.05) is 12.6 Å². The Labute approximate surface area is 168 Å². The number of benzene rings is 1. The fraction of sp³-hybridized carbons (Fsp3) is 0.176. The second kappa shape index (κ2) is 8.28. The number of thiazole rings is 1. The molecule has 0 saturated heterocycles. The summed E-state index contributed by atoms with van der Waals surface area (Å²) in [6.07, 6.45) is 1.02. The van der Waals surface area contributed by atoms with Crippen LogP contribution in [0, 0.1) is 10.1 Å². The average Bonchev–Trinajstić information content (AvgIpc) is 3.13. The predicted molar refractivity (Wildman–Crippen MR) is 105 cm³/mol. The van der Waals surface area contributed by atoms with Gasteiger partial charge in [-0.3, -0.25) is 10.1 Å². The summed E-state index contributed by atoms with van der Waals surface area (Å²) in [5, 5.41) is 12.1. The Morgan fingerprint density at radius 1 is 1.32 bits per heavy atom. The van der Waals surface area contributed by atoms with Crippen LogP contribution in [0.2, 0.25) is 5.28 Å². The van der Waals surface area contributed by atoms with E-state index in [-0.39, 0.29) is 29.1 Å². The molecule has 2 heterocycles. The van der Waals surface area contributed by atoms with E-state index in [0.29, 0.717) is 10.0 Å². The molecule has 0 atom stereocenters. The molecule has 0 aliphatic heterocycles. The highest BCUT2D eigenvalue weighted by Crippen LogP contribution is 2.39. The number of aromatic nitrogens is 3. The molecule has 0 unspecified atom stereocenters. The van der Waals surface area contributed by atoms with Crippen molar-refractivity contribution in [2.45, 2.75) is 6.92 Å². The maximum absolute atomic E-state index is 12.4. The Bertz CT molecular complexity index is 1030. The first-order valence-corrected chi connectivity index (χ1v) is 9.25. The van der Waals surface area contributed by atoms with Crippen LogP contribution < -0.4 is 4.90 Å². The summed E-state index contributed by atoms with van der Waals surface area (Å²) in [6.45, 7) is 1.85. The van der Waals surface area contributed by atoms with Gasteiger partial charge in [0.15, 0.2) is 5.69 Å². The molecule has 0 aliphatic rings. The maximum atomic E-state index is 12.4. The van der Waals surface area contributed by atoms with Gasteiger partial charge in [-0.25, -0.2) is 14.8 Å². The molecule has 3 aromatic rings. The lowest BCUT2D eigenvalue weighted by Crippen LogP contribution is -2.17. The number of nitrogens with zero attached hydrogens (tertiary/aromatic N) is 5. The van der Waals surface area contributed by atoms with Gasteiger partial charge in [-0.1, -0.05) is 41.7 Å². The molecule has 0 spiro atoms. The summed E-state index contributed by atoms with van der Waals surface area (Å²) in [7, 11) is 1.54. The van der Waals surface area contributed by atoms with Gasteiger partial charge in [0.25, 0.3) is 0 Å². The summed E-state index contributed by atoms with van der Waals surface area (Å²) in [5.41, 5.74) is 0.488. The van der Waals surface area contributed by atoms with Crippen molar-refractivity contribution in [3.63, 3.8) is 0 Å². The fourth-order valence-corrected chi connectivity index (χ4v) is 3.55. The zero-order valence-corrected chi connectivity index (χ0v) is 16.4. The topological polar surface area (TPSA) is 111 Å². The van der Waals surface area contributed by atoms with E-state index in [1.807, 2.05) is 30.3 Å². The zero-order chi connectivity index (χ0) is 20.3. The Morgan fingerprint density at radius 2 is 2.04 bits per heavy atom. The number of rotatable bonds is 6. The Kier molecular flexibility index (Phi) is 5.81. The van der Waals surface area contributed by atoms with Crippen LogP contribution in [0.1, 0.15) is 17.4 Å². The maximum Gasteiger partial charge on any atom is 0.360 e. The molecule has 28 heavy (non-hydrogen) atoms. The molecule has 1 aromatic carbocycles. The van der Waals surface area contributed by atoms with E-state index in [1.165, 1.54) is 23.3 Å². The molecule has 3 rings (SSSR count). The smallest absolute Gasteiger partial charge is 0.360 e. The Hall–Kier alpha value is -3.11. The number of hydrogen-bond acceptors (Lipinski definition) is 9. The number of esters is 1. The molecule has 0 saturated carbocycles. The molecule has 0 radical (unpaired) electrons. The van der Waals surface area contributed by atoms with E-state index in [1.54, 1.807) is 6.92 Å². The van der Waals surface area contributed by atoms with Crippen LogP contribution in [-0.4, -0.2) is 39.5 Å². The second-order valence-electron chi connectivity index (χ2n) is 5.42. The van der Waals surface area contributed by atoms with Crippen molar-refractivity contribution in [2.75, 3.05) is 18.6 Å². The van der Waals surface area contributed by atoms with Crippen molar-refractivity contribution in [3.8, 4) is 10.6 Å². The number of carbonyl (C=O) groups excluding carboxylic acids is 1. The summed E-state index contributed by atoms with van der Waals surface area (Å²) in [6, 6.07) is 9.25. The lowest BCUT2D eigenvalue weighted by Gasteiger charge is -2.16. The van der Waals surface area contributed by atoms with Gasteiger partial charge >= 0.3 is 11.7 Å². The fourth-order valence-electron chi connectivity index (χ4n) is 2.39. The van der Waals surface area contributed by atoms with Crippen molar-refractivity contribution in [3.05, 3.63) is 57.6 Å². The van der Waals surface area contributed by atoms with Gasteiger partial charge in [-0.05, 0) is 18.5 Å². The normalized spacial score (nSPS) is 10.5. The van der Waals surface area contributed by atoms with Crippen molar-refractivity contribution < 1.29 is 14.5 Å². The highest BCUT2D eigenvalue weighted by Gasteiger charge is 2.28. The lowest BCUT2D eigenvalue weighted by molar-refractivity contribution is -0.384. The minimum atomic E-state index is -0.634. The van der Waals surface area contributed by atoms with Crippen LogP contribution in [0.25, 0.3) is 10.6 Å². The van der Waals surface area contributed by atoms with Gasteiger partial charge in [-0.15, -0.1) is 0 Å². The second-order valence-corrected chi connectivity index (χ2v) is 6.74. The molecule has 0 N–H and O–H groups in total. The molecule has 11 heteroatoms. The lowest BCUT2D eigenvalue weighted by atomic mass is 10.2. The third-order valence-corrected chi connectivity index (χ3v) is 5.00. The molecule has 9 nitrogen and oxygen atoms in total. The number of nitro groups is 1. The molecule has 0 aliphatic carbocycles. The first kappa shape index (κ1) is 19.6. The third-order valence-electron chi connectivity index (χ3n) is 3.64. The van der Waals surface area contributed by atoms with Gasteiger partial charge in [0.2, 0.25) is 11.1 Å². The van der Waals surface area contributed by atoms with Gasteiger partial charge in [0.1, 0.15) is 16.2 Å². The van der Waals surface area contributed by atoms with Crippen LogP contribution in [0.5, 0.6) is 0 Å². The number of carbonyl (C=O) groups is 1. The zero-order valence-electron chi connectivity index (χ0n) is 14.8. The average molecular weight is 420 g/mol. The summed E-state index contributed by atoms with van der Waals surface area (Å²) < 4.78 is 5.09. The number of halogens is 1. The van der Waals surface area contributed by atoms with E-state index in [0.717, 1.165) is 11.8 Å². The molecular weight excluding hydrogens is 406 g/mol. The van der Waals surface area contributed by atoms with Crippen molar-refractivity contribution in [2.24, 2.45) is 0 Å². The van der Waals surface area contributed by atoms with E-state index >= 15 is 0 Å². The van der Waals surface area contributed by atoms with E-state index in [9.17, 15) is 14.9 Å². The van der Waals surface area contributed by atoms with Crippen molar-refractivity contribution >= 4 is 45.4 Å². The number of ether oxygens (including phenoxy) is 1. The van der Waals surface area contributed by atoms with Gasteiger partial charge in [-0.2, -0.15) is 4.98 Å². The van der Waals surface area contributed by atoms with Crippen LogP contribution in [0.4, 0.5) is 16.5 Å². The largest absolute Gasteiger partial charge is 0.461 e. The number of anilines is 2. The first-order valence-electron chi connectivity index (χ1n) is 8.06. The standard InChI is InChI=1S/C17H14ClN5O4S/c1-3-27-16(24)12-15(28-14(20-12)10-7-5-4-6-8-10)22(2)13-11(23(25)26)9-19-17(18)21-13/h4-9H,3H2,1-2H3. The predicted octanol–water partition coefficient (Wildman–Crippen LogP) is 4.11. The van der Waals surface area contributed by atoms with Crippen LogP contribution in [0.3, 0.4) is 0 Å². The van der Waals surface area contributed by atoms with Gasteiger partial charge < -0.3 is 9.64 Å². The minimum absolute atomic E-state index is 0.0391. The Balaban J connectivity index is 2.15. The van der Waals surface area contributed by atoms with Crippen LogP contribution >= 0.6 is 22.9 Å². The van der Waals surface area contributed by atoms with Crippen molar-refractivity contribution in [1.29, 1.82) is 0 Å². The quantitative estimate of drug-likeness (QED) is 0.254. The molecule has 144 valence electrons. The van der Waals surface area contributed by atoms with E-state index in [4.69, 9.17) is 16.3 Å². The molecule has 0 amide bonds. The first-order chi connectivity index (χ1) is 13.4. The van der Waals surface area contributed by atoms with E-state index < -0.39 is 10.9 Å².